The molecule has 25 heavy (non-hydrogen) atoms. The van der Waals surface area contributed by atoms with Gasteiger partial charge in [0.2, 0.25) is 11.6 Å². The number of hydrogen-bond donors (Lipinski definition) is 1. The molecule has 1 aliphatic rings. The van der Waals surface area contributed by atoms with Crippen molar-refractivity contribution < 1.29 is 32.4 Å². The zero-order chi connectivity index (χ0) is 18.9. The van der Waals surface area contributed by atoms with Gasteiger partial charge in [-0.25, -0.2) is 17.6 Å². The first-order valence-corrected chi connectivity index (χ1v) is 6.93. The van der Waals surface area contributed by atoms with Gasteiger partial charge in [0, 0.05) is 6.42 Å². The van der Waals surface area contributed by atoms with Crippen molar-refractivity contribution in [1.29, 1.82) is 0 Å². The normalized spacial score (nSPS) is 21.8. The van der Waals surface area contributed by atoms with Crippen LogP contribution in [0.15, 0.2) is 17.5 Å². The molecule has 9 nitrogen and oxygen atoms in total. The molecule has 138 valence electrons. The van der Waals surface area contributed by atoms with Crippen LogP contribution in [-0.2, 0) is 11.3 Å². The van der Waals surface area contributed by atoms with Crippen LogP contribution in [-0.4, -0.2) is 55.0 Å². The Morgan fingerprint density at radius 3 is 2.60 bits per heavy atom. The maximum atomic E-state index is 13.1. The summed E-state index contributed by atoms with van der Waals surface area (Å²) in [4.78, 5) is 22.1. The molecule has 2 heterocycles. The zero-order valence-electron chi connectivity index (χ0n) is 12.7. The molecule has 13 heteroatoms. The van der Waals surface area contributed by atoms with E-state index in [-0.39, 0.29) is 17.2 Å². The Bertz CT molecular complexity index is 709. The number of rotatable bonds is 6. The summed E-state index contributed by atoms with van der Waals surface area (Å²) in [7, 11) is 0. The number of aromatic nitrogens is 2. The van der Waals surface area contributed by atoms with Crippen molar-refractivity contribution in [2.24, 2.45) is 11.0 Å². The Kier molecular flexibility index (Phi) is 5.06. The molecule has 0 aromatic carbocycles. The fourth-order valence-corrected chi connectivity index (χ4v) is 2.24. The highest BCUT2D eigenvalue weighted by molar-refractivity contribution is 5.93. The van der Waals surface area contributed by atoms with Gasteiger partial charge in [0.05, 0.1) is 17.4 Å². The molecule has 1 aromatic rings. The number of aliphatic hydroxyl groups is 1. The molecule has 1 aromatic heterocycles. The highest BCUT2D eigenvalue weighted by atomic mass is 19.3. The zero-order valence-corrected chi connectivity index (χ0v) is 12.7. The van der Waals surface area contributed by atoms with E-state index in [1.807, 2.05) is 0 Å². The largest absolute Gasteiger partial charge is 0.364 e. The highest BCUT2D eigenvalue weighted by Gasteiger charge is 2.53. The Balaban J connectivity index is 2.19. The summed E-state index contributed by atoms with van der Waals surface area (Å²) in [6, 6.07) is 0. The van der Waals surface area contributed by atoms with Crippen molar-refractivity contribution in [1.82, 2.24) is 14.8 Å². The number of halogens is 4. The van der Waals surface area contributed by atoms with E-state index in [1.54, 1.807) is 0 Å². The van der Waals surface area contributed by atoms with Crippen LogP contribution in [0.25, 0.3) is 0 Å². The second kappa shape index (κ2) is 6.74. The van der Waals surface area contributed by atoms with Crippen molar-refractivity contribution in [2.75, 3.05) is 0 Å². The van der Waals surface area contributed by atoms with Crippen LogP contribution in [0.1, 0.15) is 13.3 Å². The van der Waals surface area contributed by atoms with Crippen LogP contribution >= 0.6 is 0 Å². The van der Waals surface area contributed by atoms with E-state index in [1.165, 1.54) is 6.92 Å². The summed E-state index contributed by atoms with van der Waals surface area (Å²) in [5, 5.41) is 27.2. The molecule has 2 rings (SSSR count). The van der Waals surface area contributed by atoms with Gasteiger partial charge in [0.15, 0.2) is 0 Å². The number of carbonyl (C=O) groups is 1. The van der Waals surface area contributed by atoms with Crippen molar-refractivity contribution in [3.05, 3.63) is 22.5 Å². The molecule has 0 unspecified atom stereocenters. The van der Waals surface area contributed by atoms with E-state index >= 15 is 0 Å². The van der Waals surface area contributed by atoms with E-state index in [0.717, 1.165) is 17.1 Å². The lowest BCUT2D eigenvalue weighted by molar-refractivity contribution is -0.385. The number of nitro groups is 1. The molecule has 2 atom stereocenters. The summed E-state index contributed by atoms with van der Waals surface area (Å²) in [6.07, 6.45) is -5.95. The number of carbonyl (C=O) groups excluding carboxylic acids is 1. The summed E-state index contributed by atoms with van der Waals surface area (Å²) in [5.41, 5.74) is -4.53. The number of amides is 1. The smallest absolute Gasteiger partial charge is 0.306 e. The third-order valence-corrected chi connectivity index (χ3v) is 3.56. The molecule has 0 bridgehead atoms. The summed E-state index contributed by atoms with van der Waals surface area (Å²) < 4.78 is 52.6. The van der Waals surface area contributed by atoms with Gasteiger partial charge in [0.25, 0.3) is 12.9 Å². The van der Waals surface area contributed by atoms with Gasteiger partial charge in [-0.3, -0.25) is 19.6 Å². The maximum Gasteiger partial charge on any atom is 0.306 e. The van der Waals surface area contributed by atoms with Crippen molar-refractivity contribution in [2.45, 2.75) is 38.5 Å². The first-order chi connectivity index (χ1) is 11.6. The molecular formula is C12H13F4N5O4. The average Bonchev–Trinajstić information content (AvgIpc) is 3.12. The van der Waals surface area contributed by atoms with E-state index < -0.39 is 47.5 Å². The number of alkyl halides is 4. The lowest BCUT2D eigenvalue weighted by atomic mass is 10.1. The Labute approximate surface area is 137 Å². The topological polar surface area (TPSA) is 114 Å². The van der Waals surface area contributed by atoms with Gasteiger partial charge in [-0.15, -0.1) is 0 Å². The molecule has 0 fully saturated rings. The number of hydrogen-bond acceptors (Lipinski definition) is 6. The maximum absolute atomic E-state index is 13.1. The van der Waals surface area contributed by atoms with Crippen LogP contribution in [0.2, 0.25) is 0 Å². The van der Waals surface area contributed by atoms with Crippen molar-refractivity contribution in [3.63, 3.8) is 0 Å². The summed E-state index contributed by atoms with van der Waals surface area (Å²) in [6.45, 7) is 1.000. The Morgan fingerprint density at radius 1 is 1.48 bits per heavy atom. The first-order valence-electron chi connectivity index (χ1n) is 6.93. The molecule has 0 spiro atoms. The fourth-order valence-electron chi connectivity index (χ4n) is 2.24. The molecule has 1 N–H and O–H groups in total. The molecule has 0 aliphatic carbocycles. The van der Waals surface area contributed by atoms with Gasteiger partial charge in [0.1, 0.15) is 18.1 Å². The van der Waals surface area contributed by atoms with E-state index in [0.29, 0.717) is 0 Å². The lowest BCUT2D eigenvalue weighted by Gasteiger charge is -2.31. The number of nitrogens with zero attached hydrogens (tertiary/aromatic N) is 5. The van der Waals surface area contributed by atoms with Crippen LogP contribution in [0.4, 0.5) is 23.2 Å². The van der Waals surface area contributed by atoms with Crippen LogP contribution in [0, 0.1) is 16.0 Å². The quantitative estimate of drug-likeness (QED) is 0.462. The van der Waals surface area contributed by atoms with Gasteiger partial charge in [-0.05, 0) is 0 Å². The third kappa shape index (κ3) is 3.60. The minimum atomic E-state index is -3.52. The molecule has 0 saturated heterocycles. The molecule has 1 aliphatic heterocycles. The summed E-state index contributed by atoms with van der Waals surface area (Å²) in [5.74, 6) is -2.26. The second-order valence-corrected chi connectivity index (χ2v) is 5.48. The van der Waals surface area contributed by atoms with E-state index in [2.05, 4.69) is 10.2 Å². The van der Waals surface area contributed by atoms with Gasteiger partial charge in [-0.1, -0.05) is 6.92 Å². The standard InChI is InChI=1S/C12H13F4N5O4/c1-6(4-19-5-7(3-17-19)21(24)25)10(22)20-12(23,11(15)16)2-8(18-20)9(13)14/h3,5-6,9,11,23H,2,4H2,1H3/t6-,12-/m1/s1. The van der Waals surface area contributed by atoms with E-state index in [4.69, 9.17) is 0 Å². The van der Waals surface area contributed by atoms with E-state index in [9.17, 15) is 37.6 Å². The van der Waals surface area contributed by atoms with Crippen molar-refractivity contribution in [3.8, 4) is 0 Å². The Hall–Kier alpha value is -2.57. The van der Waals surface area contributed by atoms with Crippen LogP contribution in [0.5, 0.6) is 0 Å². The third-order valence-electron chi connectivity index (χ3n) is 3.56. The van der Waals surface area contributed by atoms with Crippen molar-refractivity contribution >= 4 is 17.3 Å². The highest BCUT2D eigenvalue weighted by Crippen LogP contribution is 2.34. The SMILES string of the molecule is C[C@H](Cn1cc([N+](=O)[O-])cn1)C(=O)N1N=C(C(F)F)C[C@@]1(O)C(F)F. The lowest BCUT2D eigenvalue weighted by Crippen LogP contribution is -2.53. The minimum Gasteiger partial charge on any atom is -0.364 e. The molecule has 0 saturated carbocycles. The van der Waals surface area contributed by atoms with Crippen LogP contribution < -0.4 is 0 Å². The predicted octanol–water partition coefficient (Wildman–Crippen LogP) is 1.23. The molecule has 1 amide bonds. The second-order valence-electron chi connectivity index (χ2n) is 5.48. The summed E-state index contributed by atoms with van der Waals surface area (Å²) >= 11 is 0. The average molecular weight is 367 g/mol. The monoisotopic (exact) mass is 367 g/mol. The van der Waals surface area contributed by atoms with Crippen LogP contribution in [0.3, 0.4) is 0 Å². The van der Waals surface area contributed by atoms with Gasteiger partial charge in [-0.2, -0.15) is 15.2 Å². The van der Waals surface area contributed by atoms with Gasteiger partial charge < -0.3 is 5.11 Å². The fraction of sp³-hybridized carbons (Fsp3) is 0.583. The molecular weight excluding hydrogens is 354 g/mol. The number of hydrazone groups is 1. The predicted molar refractivity (Wildman–Crippen MR) is 73.9 cm³/mol. The van der Waals surface area contributed by atoms with Gasteiger partial charge >= 0.3 is 5.69 Å². The first kappa shape index (κ1) is 18.8. The molecule has 0 radical (unpaired) electrons. The Morgan fingerprint density at radius 2 is 2.12 bits per heavy atom. The minimum absolute atomic E-state index is 0.0399.